The van der Waals surface area contributed by atoms with Crippen molar-refractivity contribution in [2.24, 2.45) is 16.6 Å². The van der Waals surface area contributed by atoms with Crippen molar-refractivity contribution in [1.29, 1.82) is 0 Å². The van der Waals surface area contributed by atoms with Crippen LogP contribution < -0.4 is 11.1 Å². The topological polar surface area (TPSA) is 50.4 Å². The predicted molar refractivity (Wildman–Crippen MR) is 40.4 cm³/mol. The molecule has 0 aliphatic rings. The lowest BCUT2D eigenvalue weighted by Gasteiger charge is -2.05. The van der Waals surface area contributed by atoms with E-state index in [1.54, 1.807) is 7.05 Å². The van der Waals surface area contributed by atoms with Crippen molar-refractivity contribution in [2.45, 2.75) is 13.8 Å². The smallest absolute Gasteiger partial charge is 0.188 e. The van der Waals surface area contributed by atoms with Crippen molar-refractivity contribution in [2.75, 3.05) is 13.6 Å². The first-order valence-corrected chi connectivity index (χ1v) is 3.13. The highest BCUT2D eigenvalue weighted by atomic mass is 15.1. The summed E-state index contributed by atoms with van der Waals surface area (Å²) < 4.78 is 0. The molecule has 0 aromatic heterocycles. The van der Waals surface area contributed by atoms with Crippen LogP contribution in [0.25, 0.3) is 0 Å². The van der Waals surface area contributed by atoms with E-state index in [4.69, 9.17) is 5.73 Å². The highest BCUT2D eigenvalue weighted by Crippen LogP contribution is 1.85. The Labute approximate surface area is 56.3 Å². The van der Waals surface area contributed by atoms with E-state index >= 15 is 0 Å². The van der Waals surface area contributed by atoms with Gasteiger partial charge in [0.15, 0.2) is 5.96 Å². The summed E-state index contributed by atoms with van der Waals surface area (Å²) in [5.41, 5.74) is 5.36. The maximum Gasteiger partial charge on any atom is 0.188 e. The van der Waals surface area contributed by atoms with Crippen LogP contribution in [0.5, 0.6) is 0 Å². The molecule has 0 atom stereocenters. The Morgan fingerprint density at radius 3 is 2.56 bits per heavy atom. The number of hydrogen-bond acceptors (Lipinski definition) is 1. The summed E-state index contributed by atoms with van der Waals surface area (Å²) in [7, 11) is 1.67. The van der Waals surface area contributed by atoms with E-state index < -0.39 is 0 Å². The third-order valence-electron chi connectivity index (χ3n) is 0.932. The van der Waals surface area contributed by atoms with Crippen molar-refractivity contribution in [3.05, 3.63) is 0 Å². The minimum atomic E-state index is 0.517. The lowest BCUT2D eigenvalue weighted by atomic mass is 10.2. The fraction of sp³-hybridized carbons (Fsp3) is 0.833. The predicted octanol–water partition coefficient (Wildman–Crippen LogP) is 0.176. The molecule has 0 radical (unpaired) electrons. The Morgan fingerprint density at radius 2 is 2.22 bits per heavy atom. The van der Waals surface area contributed by atoms with Gasteiger partial charge < -0.3 is 11.1 Å². The molecule has 0 unspecified atom stereocenters. The first-order valence-electron chi connectivity index (χ1n) is 3.13. The summed E-state index contributed by atoms with van der Waals surface area (Å²) >= 11 is 0. The van der Waals surface area contributed by atoms with Crippen molar-refractivity contribution in [3.8, 4) is 0 Å². The van der Waals surface area contributed by atoms with Crippen molar-refractivity contribution in [3.63, 3.8) is 0 Å². The fourth-order valence-electron chi connectivity index (χ4n) is 0.388. The van der Waals surface area contributed by atoms with Crippen LogP contribution in [-0.2, 0) is 0 Å². The van der Waals surface area contributed by atoms with Crippen LogP contribution in [0.4, 0.5) is 0 Å². The van der Waals surface area contributed by atoms with Crippen LogP contribution in [0.2, 0.25) is 0 Å². The molecule has 0 amide bonds. The minimum absolute atomic E-state index is 0.517. The van der Waals surface area contributed by atoms with E-state index in [0.29, 0.717) is 11.9 Å². The van der Waals surface area contributed by atoms with E-state index in [1.165, 1.54) is 0 Å². The van der Waals surface area contributed by atoms with Gasteiger partial charge in [-0.1, -0.05) is 13.8 Å². The molecule has 3 N–H and O–H groups in total. The molecule has 3 heteroatoms. The highest BCUT2D eigenvalue weighted by molar-refractivity contribution is 5.77. The molecule has 0 bridgehead atoms. The van der Waals surface area contributed by atoms with Gasteiger partial charge in [-0.3, -0.25) is 4.99 Å². The van der Waals surface area contributed by atoms with Gasteiger partial charge >= 0.3 is 0 Å². The average molecular weight is 129 g/mol. The lowest BCUT2D eigenvalue weighted by Crippen LogP contribution is -2.33. The third-order valence-corrected chi connectivity index (χ3v) is 0.932. The highest BCUT2D eigenvalue weighted by Gasteiger charge is 1.91. The van der Waals surface area contributed by atoms with Crippen LogP contribution in [0, 0.1) is 5.92 Å². The molecule has 0 aliphatic heterocycles. The molecule has 9 heavy (non-hydrogen) atoms. The largest absolute Gasteiger partial charge is 0.370 e. The second-order valence-electron chi connectivity index (χ2n) is 2.38. The summed E-state index contributed by atoms with van der Waals surface area (Å²) in [6, 6.07) is 0. The summed E-state index contributed by atoms with van der Waals surface area (Å²) in [5.74, 6) is 1.13. The van der Waals surface area contributed by atoms with Crippen LogP contribution in [0.3, 0.4) is 0 Å². The van der Waals surface area contributed by atoms with Gasteiger partial charge in [-0.15, -0.1) is 0 Å². The second kappa shape index (κ2) is 4.18. The average Bonchev–Trinajstić information content (AvgIpc) is 1.83. The molecule has 3 nitrogen and oxygen atoms in total. The van der Waals surface area contributed by atoms with Crippen LogP contribution in [0.1, 0.15) is 13.8 Å². The van der Waals surface area contributed by atoms with Crippen LogP contribution in [-0.4, -0.2) is 19.6 Å². The molecule has 0 aromatic carbocycles. The van der Waals surface area contributed by atoms with E-state index in [-0.39, 0.29) is 0 Å². The van der Waals surface area contributed by atoms with E-state index in [1.807, 2.05) is 0 Å². The molecule has 0 spiro atoms. The van der Waals surface area contributed by atoms with E-state index in [0.717, 1.165) is 6.54 Å². The van der Waals surface area contributed by atoms with E-state index in [2.05, 4.69) is 24.2 Å². The SMILES string of the molecule is CN=C(N)NCC(C)C. The second-order valence-corrected chi connectivity index (χ2v) is 2.38. The zero-order valence-electron chi connectivity index (χ0n) is 6.31. The Morgan fingerprint density at radius 1 is 1.67 bits per heavy atom. The molecule has 0 aromatic rings. The molecule has 0 aliphatic carbocycles. The van der Waals surface area contributed by atoms with Gasteiger partial charge in [0.1, 0.15) is 0 Å². The monoisotopic (exact) mass is 129 g/mol. The normalized spacial score (nSPS) is 12.2. The lowest BCUT2D eigenvalue weighted by molar-refractivity contribution is 0.622. The maximum absolute atomic E-state index is 5.36. The zero-order valence-corrected chi connectivity index (χ0v) is 6.31. The van der Waals surface area contributed by atoms with Gasteiger partial charge in [-0.05, 0) is 5.92 Å². The number of nitrogens with one attached hydrogen (secondary N) is 1. The summed E-state index contributed by atoms with van der Waals surface area (Å²) in [5, 5.41) is 2.96. The zero-order chi connectivity index (χ0) is 7.28. The summed E-state index contributed by atoms with van der Waals surface area (Å²) in [6.45, 7) is 5.13. The quantitative estimate of drug-likeness (QED) is 0.412. The summed E-state index contributed by atoms with van der Waals surface area (Å²) in [6.07, 6.45) is 0. The molecule has 0 saturated heterocycles. The van der Waals surface area contributed by atoms with Gasteiger partial charge in [-0.25, -0.2) is 0 Å². The summed E-state index contributed by atoms with van der Waals surface area (Å²) in [4.78, 5) is 3.74. The van der Waals surface area contributed by atoms with Crippen molar-refractivity contribution >= 4 is 5.96 Å². The first-order chi connectivity index (χ1) is 4.16. The van der Waals surface area contributed by atoms with Crippen molar-refractivity contribution < 1.29 is 0 Å². The van der Waals surface area contributed by atoms with Crippen LogP contribution in [0.15, 0.2) is 4.99 Å². The van der Waals surface area contributed by atoms with Gasteiger partial charge in [0.25, 0.3) is 0 Å². The Balaban J connectivity index is 3.28. The molecule has 0 heterocycles. The Hall–Kier alpha value is -0.730. The van der Waals surface area contributed by atoms with Crippen LogP contribution >= 0.6 is 0 Å². The van der Waals surface area contributed by atoms with Gasteiger partial charge in [-0.2, -0.15) is 0 Å². The number of guanidine groups is 1. The first kappa shape index (κ1) is 8.27. The number of nitrogens with zero attached hydrogens (tertiary/aromatic N) is 1. The van der Waals surface area contributed by atoms with Gasteiger partial charge in [0, 0.05) is 13.6 Å². The standard InChI is InChI=1S/C6H15N3/c1-5(2)4-9-6(7)8-3/h5H,4H2,1-3H3,(H3,7,8,9). The molecular formula is C6H15N3. The van der Waals surface area contributed by atoms with E-state index in [9.17, 15) is 0 Å². The van der Waals surface area contributed by atoms with Crippen molar-refractivity contribution in [1.82, 2.24) is 5.32 Å². The Kier molecular flexibility index (Phi) is 3.84. The molecular weight excluding hydrogens is 114 g/mol. The molecule has 54 valence electrons. The number of aliphatic imine (C=N–C) groups is 1. The maximum atomic E-state index is 5.36. The molecule has 0 fully saturated rings. The molecule has 0 rings (SSSR count). The number of rotatable bonds is 2. The number of hydrogen-bond donors (Lipinski definition) is 2. The number of nitrogens with two attached hydrogens (primary N) is 1. The third kappa shape index (κ3) is 5.14. The fourth-order valence-corrected chi connectivity index (χ4v) is 0.388. The molecule has 0 saturated carbocycles. The van der Waals surface area contributed by atoms with Gasteiger partial charge in [0.05, 0.1) is 0 Å². The Bertz CT molecular complexity index is 96.5. The minimum Gasteiger partial charge on any atom is -0.370 e. The van der Waals surface area contributed by atoms with Gasteiger partial charge in [0.2, 0.25) is 0 Å².